The lowest BCUT2D eigenvalue weighted by molar-refractivity contribution is 1.22. The molecule has 0 bridgehead atoms. The van der Waals surface area contributed by atoms with Gasteiger partial charge in [0.25, 0.3) is 0 Å². The van der Waals surface area contributed by atoms with E-state index < -0.39 is 0 Å². The first-order valence-corrected chi connectivity index (χ1v) is 3.95. The molecular formula is C9H7ClN2. The standard InChI is InChI=1S/C9H7ClN2/c10-12-7-11-6-9(12)8-4-2-1-3-5-8/h1-7H. The van der Waals surface area contributed by atoms with Crippen molar-refractivity contribution in [2.24, 2.45) is 0 Å². The first kappa shape index (κ1) is 7.37. The summed E-state index contributed by atoms with van der Waals surface area (Å²) in [5.41, 5.74) is 1.99. The summed E-state index contributed by atoms with van der Waals surface area (Å²) >= 11 is 5.83. The zero-order valence-electron chi connectivity index (χ0n) is 6.31. The highest BCUT2D eigenvalue weighted by atomic mass is 35.5. The summed E-state index contributed by atoms with van der Waals surface area (Å²) in [4.78, 5) is 3.93. The maximum atomic E-state index is 5.83. The maximum Gasteiger partial charge on any atom is 0.111 e. The van der Waals surface area contributed by atoms with E-state index in [1.165, 1.54) is 4.09 Å². The Morgan fingerprint density at radius 3 is 2.50 bits per heavy atom. The SMILES string of the molecule is Cln1cncc1-c1ccccc1. The molecule has 3 heteroatoms. The minimum absolute atomic E-state index is 0.914. The summed E-state index contributed by atoms with van der Waals surface area (Å²) in [5, 5.41) is 0. The van der Waals surface area contributed by atoms with Crippen LogP contribution < -0.4 is 0 Å². The van der Waals surface area contributed by atoms with Crippen molar-refractivity contribution in [3.63, 3.8) is 0 Å². The van der Waals surface area contributed by atoms with Gasteiger partial charge in [-0.2, -0.15) is 0 Å². The normalized spacial score (nSPS) is 10.1. The first-order chi connectivity index (χ1) is 5.88. The zero-order chi connectivity index (χ0) is 8.39. The fraction of sp³-hybridized carbons (Fsp3) is 0. The van der Waals surface area contributed by atoms with Crippen molar-refractivity contribution in [2.45, 2.75) is 0 Å². The summed E-state index contributed by atoms with van der Waals surface area (Å²) in [5.74, 6) is 0. The molecule has 0 radical (unpaired) electrons. The van der Waals surface area contributed by atoms with Crippen LogP contribution in [0.2, 0.25) is 0 Å². The highest BCUT2D eigenvalue weighted by molar-refractivity contribution is 6.16. The minimum Gasteiger partial charge on any atom is -0.243 e. The number of rotatable bonds is 1. The molecule has 0 fully saturated rings. The molecule has 0 spiro atoms. The molecule has 0 N–H and O–H groups in total. The predicted octanol–water partition coefficient (Wildman–Crippen LogP) is 2.55. The fourth-order valence-electron chi connectivity index (χ4n) is 1.09. The van der Waals surface area contributed by atoms with Crippen molar-refractivity contribution in [2.75, 3.05) is 0 Å². The van der Waals surface area contributed by atoms with Crippen molar-refractivity contribution in [1.82, 2.24) is 9.07 Å². The van der Waals surface area contributed by atoms with E-state index in [4.69, 9.17) is 11.8 Å². The van der Waals surface area contributed by atoms with E-state index in [-0.39, 0.29) is 0 Å². The molecule has 2 rings (SSSR count). The molecule has 0 atom stereocenters. The Kier molecular flexibility index (Phi) is 1.84. The molecular weight excluding hydrogens is 172 g/mol. The summed E-state index contributed by atoms with van der Waals surface area (Å²) < 4.78 is 1.48. The molecule has 1 aromatic heterocycles. The van der Waals surface area contributed by atoms with Gasteiger partial charge >= 0.3 is 0 Å². The van der Waals surface area contributed by atoms with E-state index >= 15 is 0 Å². The molecule has 0 saturated heterocycles. The lowest BCUT2D eigenvalue weighted by Crippen LogP contribution is -1.81. The Labute approximate surface area is 75.5 Å². The van der Waals surface area contributed by atoms with Gasteiger partial charge in [-0.1, -0.05) is 30.3 Å². The maximum absolute atomic E-state index is 5.83. The minimum atomic E-state index is 0.914. The third kappa shape index (κ3) is 1.21. The van der Waals surface area contributed by atoms with Crippen LogP contribution in [0.25, 0.3) is 11.3 Å². The second-order valence-corrected chi connectivity index (χ2v) is 2.82. The van der Waals surface area contributed by atoms with Crippen molar-refractivity contribution >= 4 is 11.8 Å². The van der Waals surface area contributed by atoms with Crippen molar-refractivity contribution in [3.05, 3.63) is 42.9 Å². The zero-order valence-corrected chi connectivity index (χ0v) is 7.07. The van der Waals surface area contributed by atoms with Crippen LogP contribution in [-0.2, 0) is 0 Å². The van der Waals surface area contributed by atoms with Gasteiger partial charge in [-0.05, 0) is 0 Å². The van der Waals surface area contributed by atoms with E-state index in [1.807, 2.05) is 30.3 Å². The van der Waals surface area contributed by atoms with Gasteiger partial charge < -0.3 is 0 Å². The molecule has 12 heavy (non-hydrogen) atoms. The third-order valence-electron chi connectivity index (χ3n) is 1.66. The lowest BCUT2D eigenvalue weighted by Gasteiger charge is -1.97. The Hall–Kier alpha value is -1.28. The van der Waals surface area contributed by atoms with E-state index in [9.17, 15) is 0 Å². The van der Waals surface area contributed by atoms with E-state index in [1.54, 1.807) is 12.5 Å². The van der Waals surface area contributed by atoms with Gasteiger partial charge in [0, 0.05) is 17.3 Å². The number of aromatic nitrogens is 2. The van der Waals surface area contributed by atoms with Crippen molar-refractivity contribution in [3.8, 4) is 11.3 Å². The molecule has 2 nitrogen and oxygen atoms in total. The van der Waals surface area contributed by atoms with Crippen LogP contribution in [-0.4, -0.2) is 9.07 Å². The van der Waals surface area contributed by atoms with Crippen LogP contribution in [0.3, 0.4) is 0 Å². The smallest absolute Gasteiger partial charge is 0.111 e. The average Bonchev–Trinajstić information content (AvgIpc) is 2.53. The Morgan fingerprint density at radius 2 is 1.92 bits per heavy atom. The quantitative estimate of drug-likeness (QED) is 0.656. The van der Waals surface area contributed by atoms with E-state index in [0.29, 0.717) is 0 Å². The molecule has 0 aliphatic rings. The monoisotopic (exact) mass is 178 g/mol. The Morgan fingerprint density at radius 1 is 1.17 bits per heavy atom. The molecule has 0 aliphatic carbocycles. The second-order valence-electron chi connectivity index (χ2n) is 2.46. The van der Waals surface area contributed by atoms with Gasteiger partial charge in [0.05, 0.1) is 11.9 Å². The molecule has 0 amide bonds. The summed E-state index contributed by atoms with van der Waals surface area (Å²) in [7, 11) is 0. The third-order valence-corrected chi connectivity index (χ3v) is 1.93. The highest BCUT2D eigenvalue weighted by Crippen LogP contribution is 2.18. The van der Waals surface area contributed by atoms with E-state index in [0.717, 1.165) is 11.3 Å². The van der Waals surface area contributed by atoms with Crippen molar-refractivity contribution in [1.29, 1.82) is 0 Å². The molecule has 1 aromatic carbocycles. The van der Waals surface area contributed by atoms with Crippen LogP contribution in [0.4, 0.5) is 0 Å². The average molecular weight is 179 g/mol. The molecule has 1 heterocycles. The van der Waals surface area contributed by atoms with Crippen LogP contribution in [0.15, 0.2) is 42.9 Å². The molecule has 0 saturated carbocycles. The van der Waals surface area contributed by atoms with Gasteiger partial charge in [-0.3, -0.25) is 0 Å². The molecule has 2 aromatic rings. The van der Waals surface area contributed by atoms with Gasteiger partial charge in [-0.25, -0.2) is 9.07 Å². The molecule has 0 aliphatic heterocycles. The number of benzene rings is 1. The summed E-state index contributed by atoms with van der Waals surface area (Å²) in [6.07, 6.45) is 3.31. The topological polar surface area (TPSA) is 17.8 Å². The number of imidazole rings is 1. The summed E-state index contributed by atoms with van der Waals surface area (Å²) in [6, 6.07) is 9.91. The van der Waals surface area contributed by atoms with Gasteiger partial charge in [-0.15, -0.1) is 0 Å². The van der Waals surface area contributed by atoms with Crippen LogP contribution in [0.1, 0.15) is 0 Å². The predicted molar refractivity (Wildman–Crippen MR) is 48.9 cm³/mol. The first-order valence-electron chi connectivity index (χ1n) is 3.62. The Bertz CT molecular complexity index is 367. The van der Waals surface area contributed by atoms with Gasteiger partial charge in [0.1, 0.15) is 6.33 Å². The largest absolute Gasteiger partial charge is 0.243 e. The fourth-order valence-corrected chi connectivity index (χ4v) is 1.28. The van der Waals surface area contributed by atoms with Gasteiger partial charge in [0.2, 0.25) is 0 Å². The highest BCUT2D eigenvalue weighted by Gasteiger charge is 2.00. The molecule has 0 unspecified atom stereocenters. The van der Waals surface area contributed by atoms with E-state index in [2.05, 4.69) is 4.98 Å². The van der Waals surface area contributed by atoms with Crippen molar-refractivity contribution < 1.29 is 0 Å². The van der Waals surface area contributed by atoms with Crippen LogP contribution in [0, 0.1) is 0 Å². The number of nitrogens with zero attached hydrogens (tertiary/aromatic N) is 2. The van der Waals surface area contributed by atoms with Gasteiger partial charge in [0.15, 0.2) is 0 Å². The second kappa shape index (κ2) is 2.99. The van der Waals surface area contributed by atoms with Crippen LogP contribution in [0.5, 0.6) is 0 Å². The number of halogens is 1. The molecule has 60 valence electrons. The Balaban J connectivity index is 2.51. The van der Waals surface area contributed by atoms with Crippen LogP contribution >= 0.6 is 11.8 Å². The summed E-state index contributed by atoms with van der Waals surface area (Å²) in [6.45, 7) is 0. The number of hydrogen-bond acceptors (Lipinski definition) is 1. The lowest BCUT2D eigenvalue weighted by atomic mass is 10.2. The number of hydrogen-bond donors (Lipinski definition) is 0.